The predicted molar refractivity (Wildman–Crippen MR) is 40.9 cm³/mol. The van der Waals surface area contributed by atoms with Crippen LogP contribution in [-0.2, 0) is 0 Å². The number of aromatic nitrogens is 4. The van der Waals surface area contributed by atoms with Gasteiger partial charge in [0.25, 0.3) is 0 Å². The van der Waals surface area contributed by atoms with Crippen LogP contribution in [0.1, 0.15) is 18.0 Å². The molecule has 1 aromatic rings. The molecule has 0 saturated carbocycles. The molecule has 4 N–H and O–H groups in total. The highest BCUT2D eigenvalue weighted by Gasteiger charge is 2.42. The Hall–Kier alpha value is -1.09. The van der Waals surface area contributed by atoms with E-state index in [9.17, 15) is 15.3 Å². The molecule has 0 fully saturated rings. The van der Waals surface area contributed by atoms with Crippen LogP contribution in [0.15, 0.2) is 0 Å². The van der Waals surface area contributed by atoms with Gasteiger partial charge in [0.15, 0.2) is 5.82 Å². The molecule has 0 aromatic carbocycles. The van der Waals surface area contributed by atoms with Gasteiger partial charge in [-0.25, -0.2) is 4.68 Å². The van der Waals surface area contributed by atoms with E-state index in [4.69, 9.17) is 5.11 Å². The molecule has 0 bridgehead atoms. The van der Waals surface area contributed by atoms with Crippen molar-refractivity contribution in [3.05, 3.63) is 5.82 Å². The second-order valence-electron chi connectivity index (χ2n) is 3.16. The number of nitrogens with zero attached hydrogens (tertiary/aromatic N) is 4. The van der Waals surface area contributed by atoms with Gasteiger partial charge in [-0.05, 0) is 10.4 Å². The first-order chi connectivity index (χ1) is 6.66. The fourth-order valence-corrected chi connectivity index (χ4v) is 1.53. The van der Waals surface area contributed by atoms with Gasteiger partial charge in [0, 0.05) is 0 Å². The molecule has 8 heteroatoms. The smallest absolute Gasteiger partial charge is 0.183 e. The van der Waals surface area contributed by atoms with E-state index in [1.807, 2.05) is 0 Å². The van der Waals surface area contributed by atoms with Crippen LogP contribution in [0.3, 0.4) is 0 Å². The van der Waals surface area contributed by atoms with Crippen LogP contribution >= 0.6 is 0 Å². The molecule has 78 valence electrons. The number of hydrogen-bond donors (Lipinski definition) is 4. The molecule has 0 aliphatic carbocycles. The molecule has 14 heavy (non-hydrogen) atoms. The van der Waals surface area contributed by atoms with Gasteiger partial charge >= 0.3 is 0 Å². The summed E-state index contributed by atoms with van der Waals surface area (Å²) in [6, 6.07) is -0.821. The Morgan fingerprint density at radius 2 is 1.93 bits per heavy atom. The first kappa shape index (κ1) is 9.46. The Balaban J connectivity index is 2.44. The van der Waals surface area contributed by atoms with Crippen molar-refractivity contribution in [1.29, 1.82) is 0 Å². The lowest BCUT2D eigenvalue weighted by Crippen LogP contribution is -2.46. The summed E-state index contributed by atoms with van der Waals surface area (Å²) in [5.41, 5.74) is 0. The fraction of sp³-hybridized carbons (Fsp3) is 0.833. The maximum absolute atomic E-state index is 9.49. The van der Waals surface area contributed by atoms with Crippen molar-refractivity contribution in [2.24, 2.45) is 0 Å². The monoisotopic (exact) mass is 202 g/mol. The molecule has 1 aliphatic rings. The lowest BCUT2D eigenvalue weighted by molar-refractivity contribution is -0.112. The van der Waals surface area contributed by atoms with Crippen molar-refractivity contribution < 1.29 is 20.4 Å². The molecule has 0 unspecified atom stereocenters. The van der Waals surface area contributed by atoms with Gasteiger partial charge in [-0.15, -0.1) is 5.10 Å². The minimum absolute atomic E-state index is 0.0434. The average Bonchev–Trinajstić information content (AvgIpc) is 2.64. The Morgan fingerprint density at radius 1 is 1.21 bits per heavy atom. The van der Waals surface area contributed by atoms with Crippen LogP contribution in [0.25, 0.3) is 0 Å². The summed E-state index contributed by atoms with van der Waals surface area (Å²) >= 11 is 0. The summed E-state index contributed by atoms with van der Waals surface area (Å²) in [5, 5.41) is 47.6. The number of aliphatic hydroxyl groups excluding tert-OH is 4. The van der Waals surface area contributed by atoms with Gasteiger partial charge in [-0.2, -0.15) is 0 Å². The minimum Gasteiger partial charge on any atom is -0.394 e. The Labute approximate surface area is 78.4 Å². The summed E-state index contributed by atoms with van der Waals surface area (Å²) in [6.07, 6.45) is -4.00. The maximum atomic E-state index is 9.49. The van der Waals surface area contributed by atoms with Crippen LogP contribution in [0.5, 0.6) is 0 Å². The second kappa shape index (κ2) is 3.24. The first-order valence-corrected chi connectivity index (χ1v) is 4.09. The topological polar surface area (TPSA) is 125 Å². The van der Waals surface area contributed by atoms with Gasteiger partial charge < -0.3 is 20.4 Å². The number of aliphatic hydroxyl groups is 4. The molecular weight excluding hydrogens is 192 g/mol. The van der Waals surface area contributed by atoms with Crippen molar-refractivity contribution in [2.75, 3.05) is 6.61 Å². The molecule has 0 spiro atoms. The van der Waals surface area contributed by atoms with E-state index in [1.165, 1.54) is 0 Å². The van der Waals surface area contributed by atoms with Crippen LogP contribution in [-0.4, -0.2) is 59.4 Å². The highest BCUT2D eigenvalue weighted by atomic mass is 16.4. The third-order valence-electron chi connectivity index (χ3n) is 2.35. The first-order valence-electron chi connectivity index (χ1n) is 4.09. The van der Waals surface area contributed by atoms with Crippen LogP contribution in [0, 0.1) is 0 Å². The van der Waals surface area contributed by atoms with E-state index < -0.39 is 31.0 Å². The molecule has 4 atom stereocenters. The molecule has 0 radical (unpaired) electrons. The van der Waals surface area contributed by atoms with Gasteiger partial charge in [-0.3, -0.25) is 0 Å². The molecular formula is C6H10N4O4. The number of rotatable bonds is 1. The quantitative estimate of drug-likeness (QED) is 0.382. The summed E-state index contributed by atoms with van der Waals surface area (Å²) in [6.45, 7) is -0.414. The summed E-state index contributed by atoms with van der Waals surface area (Å²) in [4.78, 5) is 0. The molecule has 1 aliphatic heterocycles. The number of hydrogen-bond acceptors (Lipinski definition) is 7. The average molecular weight is 202 g/mol. The normalized spacial score (nSPS) is 36.9. The summed E-state index contributed by atoms with van der Waals surface area (Å²) in [5.74, 6) is 0.0434. The Bertz CT molecular complexity index is 329. The SMILES string of the molecule is OC[C@@H]1[C@@H](O)[C@H](O)[C@@H](O)c2nnnn21. The Morgan fingerprint density at radius 3 is 2.57 bits per heavy atom. The lowest BCUT2D eigenvalue weighted by atomic mass is 9.97. The van der Waals surface area contributed by atoms with Gasteiger partial charge in [-0.1, -0.05) is 0 Å². The van der Waals surface area contributed by atoms with E-state index >= 15 is 0 Å². The molecule has 1 aromatic heterocycles. The predicted octanol–water partition coefficient (Wildman–Crippen LogP) is -3.02. The molecule has 2 rings (SSSR count). The van der Waals surface area contributed by atoms with Gasteiger partial charge in [0.05, 0.1) is 6.61 Å². The highest BCUT2D eigenvalue weighted by molar-refractivity contribution is 5.02. The van der Waals surface area contributed by atoms with E-state index in [0.29, 0.717) is 0 Å². The highest BCUT2D eigenvalue weighted by Crippen LogP contribution is 2.29. The molecule has 8 nitrogen and oxygen atoms in total. The Kier molecular flexibility index (Phi) is 2.19. The van der Waals surface area contributed by atoms with Crippen molar-refractivity contribution in [3.8, 4) is 0 Å². The number of tetrazole rings is 1. The van der Waals surface area contributed by atoms with E-state index in [0.717, 1.165) is 4.68 Å². The second-order valence-corrected chi connectivity index (χ2v) is 3.16. The van der Waals surface area contributed by atoms with Crippen LogP contribution in [0.4, 0.5) is 0 Å². The van der Waals surface area contributed by atoms with Crippen LogP contribution in [0.2, 0.25) is 0 Å². The van der Waals surface area contributed by atoms with Crippen molar-refractivity contribution in [2.45, 2.75) is 24.4 Å². The van der Waals surface area contributed by atoms with Gasteiger partial charge in [0.1, 0.15) is 24.4 Å². The fourth-order valence-electron chi connectivity index (χ4n) is 1.53. The zero-order valence-electron chi connectivity index (χ0n) is 7.09. The largest absolute Gasteiger partial charge is 0.394 e. The third-order valence-corrected chi connectivity index (χ3v) is 2.35. The van der Waals surface area contributed by atoms with Crippen molar-refractivity contribution in [1.82, 2.24) is 20.2 Å². The summed E-state index contributed by atoms with van der Waals surface area (Å²) < 4.78 is 1.11. The third kappa shape index (κ3) is 1.12. The minimum atomic E-state index is -1.38. The standard InChI is InChI=1S/C6H10N4O4/c11-1-2-3(12)4(13)5(14)6-7-8-9-10(2)6/h2-5,11-14H,1H2/t2-,3-,4+,5-/m1/s1. The van der Waals surface area contributed by atoms with Crippen molar-refractivity contribution >= 4 is 0 Å². The molecule has 2 heterocycles. The van der Waals surface area contributed by atoms with E-state index in [-0.39, 0.29) is 5.82 Å². The summed E-state index contributed by atoms with van der Waals surface area (Å²) in [7, 11) is 0. The van der Waals surface area contributed by atoms with Crippen molar-refractivity contribution in [3.63, 3.8) is 0 Å². The number of fused-ring (bicyclic) bond motifs is 1. The van der Waals surface area contributed by atoms with E-state index in [1.54, 1.807) is 0 Å². The lowest BCUT2D eigenvalue weighted by Gasteiger charge is -2.33. The zero-order valence-corrected chi connectivity index (χ0v) is 7.09. The molecule has 0 saturated heterocycles. The zero-order chi connectivity index (χ0) is 10.3. The van der Waals surface area contributed by atoms with Crippen LogP contribution < -0.4 is 0 Å². The maximum Gasteiger partial charge on any atom is 0.183 e. The van der Waals surface area contributed by atoms with E-state index in [2.05, 4.69) is 15.5 Å². The molecule has 0 amide bonds. The van der Waals surface area contributed by atoms with Gasteiger partial charge in [0.2, 0.25) is 0 Å².